The molecule has 2 atom stereocenters. The lowest BCUT2D eigenvalue weighted by atomic mass is 9.53. The first kappa shape index (κ1) is 10.2. The van der Waals surface area contributed by atoms with Gasteiger partial charge in [0, 0.05) is 12.3 Å². The minimum Gasteiger partial charge on any atom is -0.481 e. The molecular formula is C10H16O3. The Labute approximate surface area is 78.1 Å². The Morgan fingerprint density at radius 2 is 2.00 bits per heavy atom. The summed E-state index contributed by atoms with van der Waals surface area (Å²) < 4.78 is 0. The number of carboxylic acid groups (broad SMARTS) is 1. The fourth-order valence-corrected chi connectivity index (χ4v) is 2.26. The van der Waals surface area contributed by atoms with Gasteiger partial charge in [0.15, 0.2) is 0 Å². The van der Waals surface area contributed by atoms with Crippen LogP contribution in [0.25, 0.3) is 0 Å². The van der Waals surface area contributed by atoms with E-state index in [1.165, 1.54) is 0 Å². The number of Topliss-reactive ketones (excluding diaryl/α,β-unsaturated/α-hetero) is 1. The average molecular weight is 184 g/mol. The molecule has 0 saturated heterocycles. The van der Waals surface area contributed by atoms with E-state index in [1.54, 1.807) is 6.92 Å². The summed E-state index contributed by atoms with van der Waals surface area (Å²) in [6, 6.07) is 0. The van der Waals surface area contributed by atoms with E-state index in [0.717, 1.165) is 6.42 Å². The van der Waals surface area contributed by atoms with Crippen LogP contribution in [-0.4, -0.2) is 16.9 Å². The van der Waals surface area contributed by atoms with Crippen LogP contribution < -0.4 is 0 Å². The van der Waals surface area contributed by atoms with Crippen LogP contribution in [0, 0.1) is 17.3 Å². The Morgan fingerprint density at radius 3 is 2.31 bits per heavy atom. The topological polar surface area (TPSA) is 54.4 Å². The van der Waals surface area contributed by atoms with E-state index in [9.17, 15) is 9.59 Å². The monoisotopic (exact) mass is 184 g/mol. The van der Waals surface area contributed by atoms with Crippen LogP contribution in [0.15, 0.2) is 0 Å². The summed E-state index contributed by atoms with van der Waals surface area (Å²) >= 11 is 0. The zero-order valence-electron chi connectivity index (χ0n) is 8.33. The number of carbonyl (C=O) groups excluding carboxylic acids is 1. The Morgan fingerprint density at radius 1 is 1.46 bits per heavy atom. The second-order valence-corrected chi connectivity index (χ2v) is 4.52. The van der Waals surface area contributed by atoms with Crippen molar-refractivity contribution in [3.05, 3.63) is 0 Å². The molecule has 0 radical (unpaired) electrons. The van der Waals surface area contributed by atoms with Gasteiger partial charge in [-0.05, 0) is 24.7 Å². The second kappa shape index (κ2) is 3.13. The van der Waals surface area contributed by atoms with Crippen LogP contribution in [0.2, 0.25) is 0 Å². The first-order chi connectivity index (χ1) is 5.85. The second-order valence-electron chi connectivity index (χ2n) is 4.52. The molecule has 0 aliphatic heterocycles. The molecule has 1 fully saturated rings. The van der Waals surface area contributed by atoms with Crippen molar-refractivity contribution in [3.8, 4) is 0 Å². The van der Waals surface area contributed by atoms with E-state index in [0.29, 0.717) is 0 Å². The number of aliphatic carboxylic acids is 1. The van der Waals surface area contributed by atoms with Gasteiger partial charge in [-0.2, -0.15) is 0 Å². The van der Waals surface area contributed by atoms with Crippen molar-refractivity contribution in [2.24, 2.45) is 17.3 Å². The number of rotatable bonds is 3. The molecule has 0 aromatic heterocycles. The molecule has 0 bridgehead atoms. The van der Waals surface area contributed by atoms with Crippen molar-refractivity contribution < 1.29 is 14.7 Å². The van der Waals surface area contributed by atoms with E-state index < -0.39 is 5.97 Å². The molecule has 1 rings (SSSR count). The van der Waals surface area contributed by atoms with Crippen LogP contribution >= 0.6 is 0 Å². The number of carboxylic acids is 1. The first-order valence-corrected chi connectivity index (χ1v) is 4.58. The van der Waals surface area contributed by atoms with E-state index in [2.05, 4.69) is 0 Å². The quantitative estimate of drug-likeness (QED) is 0.726. The molecule has 74 valence electrons. The van der Waals surface area contributed by atoms with E-state index in [4.69, 9.17) is 5.11 Å². The largest absolute Gasteiger partial charge is 0.481 e. The summed E-state index contributed by atoms with van der Waals surface area (Å²) in [5, 5.41) is 8.62. The molecule has 1 aliphatic rings. The minimum atomic E-state index is -0.764. The average Bonchev–Trinajstić information content (AvgIpc) is 1.96. The SMILES string of the molecule is CC(=O)C1CC(CC(=O)O)C1(C)C. The van der Waals surface area contributed by atoms with Gasteiger partial charge < -0.3 is 5.11 Å². The van der Waals surface area contributed by atoms with Crippen LogP contribution in [0.3, 0.4) is 0 Å². The molecule has 3 heteroatoms. The maximum Gasteiger partial charge on any atom is 0.303 e. The van der Waals surface area contributed by atoms with Crippen LogP contribution in [0.4, 0.5) is 0 Å². The fraction of sp³-hybridized carbons (Fsp3) is 0.800. The third kappa shape index (κ3) is 1.74. The first-order valence-electron chi connectivity index (χ1n) is 4.58. The van der Waals surface area contributed by atoms with Crippen molar-refractivity contribution in [1.82, 2.24) is 0 Å². The van der Waals surface area contributed by atoms with Gasteiger partial charge in [-0.3, -0.25) is 9.59 Å². The Balaban J connectivity index is 2.59. The highest BCUT2D eigenvalue weighted by Crippen LogP contribution is 2.53. The Kier molecular flexibility index (Phi) is 2.46. The van der Waals surface area contributed by atoms with Gasteiger partial charge in [-0.1, -0.05) is 13.8 Å². The van der Waals surface area contributed by atoms with Crippen molar-refractivity contribution >= 4 is 11.8 Å². The molecule has 0 spiro atoms. The number of carbonyl (C=O) groups is 2. The molecule has 0 aromatic rings. The predicted octanol–water partition coefficient (Wildman–Crippen LogP) is 1.71. The summed E-state index contributed by atoms with van der Waals surface area (Å²) in [5.41, 5.74) is -0.121. The number of ketones is 1. The smallest absolute Gasteiger partial charge is 0.303 e. The molecule has 1 N–H and O–H groups in total. The lowest BCUT2D eigenvalue weighted by Crippen LogP contribution is -2.48. The number of hydrogen-bond acceptors (Lipinski definition) is 2. The highest BCUT2D eigenvalue weighted by Gasteiger charge is 2.50. The van der Waals surface area contributed by atoms with E-state index in [-0.39, 0.29) is 29.5 Å². The molecule has 1 aliphatic carbocycles. The van der Waals surface area contributed by atoms with Crippen LogP contribution in [0.5, 0.6) is 0 Å². The number of hydrogen-bond donors (Lipinski definition) is 1. The fourth-order valence-electron chi connectivity index (χ4n) is 2.26. The van der Waals surface area contributed by atoms with Crippen molar-refractivity contribution in [3.63, 3.8) is 0 Å². The van der Waals surface area contributed by atoms with Gasteiger partial charge >= 0.3 is 5.97 Å². The third-order valence-corrected chi connectivity index (χ3v) is 3.38. The predicted molar refractivity (Wildman–Crippen MR) is 48.3 cm³/mol. The highest BCUT2D eigenvalue weighted by molar-refractivity contribution is 5.80. The lowest BCUT2D eigenvalue weighted by Gasteiger charge is -2.50. The van der Waals surface area contributed by atoms with Gasteiger partial charge in [-0.15, -0.1) is 0 Å². The molecule has 0 aromatic carbocycles. The zero-order valence-corrected chi connectivity index (χ0v) is 8.33. The maximum atomic E-state index is 11.1. The highest BCUT2D eigenvalue weighted by atomic mass is 16.4. The summed E-state index contributed by atoms with van der Waals surface area (Å²) in [5.74, 6) is -0.345. The summed E-state index contributed by atoms with van der Waals surface area (Å²) in [4.78, 5) is 21.6. The molecule has 1 saturated carbocycles. The van der Waals surface area contributed by atoms with Gasteiger partial charge in [0.2, 0.25) is 0 Å². The van der Waals surface area contributed by atoms with Crippen molar-refractivity contribution in [1.29, 1.82) is 0 Å². The van der Waals surface area contributed by atoms with E-state index in [1.807, 2.05) is 13.8 Å². The lowest BCUT2D eigenvalue weighted by molar-refractivity contribution is -0.149. The summed E-state index contributed by atoms with van der Waals surface area (Å²) in [6.45, 7) is 5.55. The summed E-state index contributed by atoms with van der Waals surface area (Å²) in [6.07, 6.45) is 0.936. The molecule has 0 amide bonds. The van der Waals surface area contributed by atoms with Gasteiger partial charge in [0.1, 0.15) is 5.78 Å². The summed E-state index contributed by atoms with van der Waals surface area (Å²) in [7, 11) is 0. The van der Waals surface area contributed by atoms with E-state index >= 15 is 0 Å². The zero-order chi connectivity index (χ0) is 10.2. The molecular weight excluding hydrogens is 168 g/mol. The third-order valence-electron chi connectivity index (χ3n) is 3.38. The van der Waals surface area contributed by atoms with Crippen LogP contribution in [0.1, 0.15) is 33.6 Å². The van der Waals surface area contributed by atoms with Crippen molar-refractivity contribution in [2.75, 3.05) is 0 Å². The van der Waals surface area contributed by atoms with Gasteiger partial charge in [0.25, 0.3) is 0 Å². The standard InChI is InChI=1S/C10H16O3/c1-6(11)8-4-7(5-9(12)13)10(8,2)3/h7-8H,4-5H2,1-3H3,(H,12,13). The Hall–Kier alpha value is -0.860. The van der Waals surface area contributed by atoms with Gasteiger partial charge in [0.05, 0.1) is 0 Å². The van der Waals surface area contributed by atoms with Crippen LogP contribution in [-0.2, 0) is 9.59 Å². The normalized spacial score (nSPS) is 30.7. The van der Waals surface area contributed by atoms with Crippen molar-refractivity contribution in [2.45, 2.75) is 33.6 Å². The maximum absolute atomic E-state index is 11.1. The molecule has 2 unspecified atom stereocenters. The minimum absolute atomic E-state index is 0.0665. The molecule has 13 heavy (non-hydrogen) atoms. The molecule has 3 nitrogen and oxygen atoms in total. The Bertz CT molecular complexity index is 243. The molecule has 0 heterocycles. The van der Waals surface area contributed by atoms with Gasteiger partial charge in [-0.25, -0.2) is 0 Å².